The van der Waals surface area contributed by atoms with Gasteiger partial charge in [-0.2, -0.15) is 0 Å². The molecular weight excluding hydrogens is 204 g/mol. The van der Waals surface area contributed by atoms with E-state index in [0.29, 0.717) is 5.88 Å². The minimum atomic E-state index is 0.253. The first kappa shape index (κ1) is 12.7. The highest BCUT2D eigenvalue weighted by Gasteiger charge is 2.06. The second kappa shape index (κ2) is 6.27. The fraction of sp³-hybridized carbons (Fsp3) is 0.636. The molecule has 1 rings (SSSR count). The van der Waals surface area contributed by atoms with Crippen LogP contribution in [0, 0.1) is 6.92 Å². The van der Waals surface area contributed by atoms with E-state index in [9.17, 15) is 0 Å². The molecule has 0 aromatic carbocycles. The Hall–Kier alpha value is -1.36. The molecule has 0 aliphatic heterocycles. The van der Waals surface area contributed by atoms with Gasteiger partial charge in [0.1, 0.15) is 12.1 Å². The average Bonchev–Trinajstić information content (AvgIpc) is 2.26. The maximum absolute atomic E-state index is 5.67. The van der Waals surface area contributed by atoms with Crippen LogP contribution in [0.5, 0.6) is 5.88 Å². The van der Waals surface area contributed by atoms with E-state index in [1.807, 2.05) is 13.8 Å². The van der Waals surface area contributed by atoms with Crippen molar-refractivity contribution >= 4 is 5.82 Å². The van der Waals surface area contributed by atoms with Crippen molar-refractivity contribution in [3.05, 3.63) is 11.9 Å². The van der Waals surface area contributed by atoms with Crippen molar-refractivity contribution in [1.82, 2.24) is 9.97 Å². The van der Waals surface area contributed by atoms with Crippen molar-refractivity contribution in [1.29, 1.82) is 0 Å². The highest BCUT2D eigenvalue weighted by atomic mass is 16.5. The summed E-state index contributed by atoms with van der Waals surface area (Å²) >= 11 is 0. The number of nitrogens with two attached hydrogens (primary N) is 1. The number of ether oxygens (including phenoxy) is 1. The third kappa shape index (κ3) is 3.66. The Kier molecular flexibility index (Phi) is 4.98. The fourth-order valence-electron chi connectivity index (χ4n) is 1.45. The predicted octanol–water partition coefficient (Wildman–Crippen LogP) is 1.33. The normalized spacial score (nSPS) is 12.2. The number of methoxy groups -OCH3 is 1. The molecule has 0 bridgehead atoms. The number of aromatic nitrogens is 2. The van der Waals surface area contributed by atoms with Gasteiger partial charge in [-0.1, -0.05) is 0 Å². The van der Waals surface area contributed by atoms with Crippen LogP contribution in [0.3, 0.4) is 0 Å². The second-order valence-corrected chi connectivity index (χ2v) is 3.90. The summed E-state index contributed by atoms with van der Waals surface area (Å²) in [4.78, 5) is 8.19. The summed E-state index contributed by atoms with van der Waals surface area (Å²) < 4.78 is 5.12. The zero-order valence-corrected chi connectivity index (χ0v) is 10.2. The number of hydrogen-bond donors (Lipinski definition) is 2. The minimum absolute atomic E-state index is 0.253. The van der Waals surface area contributed by atoms with Gasteiger partial charge in [0.25, 0.3) is 0 Å². The van der Waals surface area contributed by atoms with Crippen LogP contribution in [0.4, 0.5) is 5.82 Å². The second-order valence-electron chi connectivity index (χ2n) is 3.90. The molecule has 0 spiro atoms. The predicted molar refractivity (Wildman–Crippen MR) is 64.7 cm³/mol. The lowest BCUT2D eigenvalue weighted by Gasteiger charge is -2.10. The topological polar surface area (TPSA) is 73.1 Å². The SMILES string of the molecule is COc1ncnc(NCCCC(C)N)c1C. The first-order chi connectivity index (χ1) is 7.65. The molecule has 1 heterocycles. The summed E-state index contributed by atoms with van der Waals surface area (Å²) in [6, 6.07) is 0.253. The quantitative estimate of drug-likeness (QED) is 0.713. The zero-order valence-electron chi connectivity index (χ0n) is 10.2. The highest BCUT2D eigenvalue weighted by Crippen LogP contribution is 2.19. The van der Waals surface area contributed by atoms with Gasteiger partial charge in [-0.05, 0) is 26.7 Å². The van der Waals surface area contributed by atoms with Crippen molar-refractivity contribution < 1.29 is 4.74 Å². The molecule has 1 unspecified atom stereocenters. The summed E-state index contributed by atoms with van der Waals surface area (Å²) in [6.07, 6.45) is 3.54. The van der Waals surface area contributed by atoms with E-state index in [2.05, 4.69) is 15.3 Å². The maximum Gasteiger partial charge on any atom is 0.221 e. The molecule has 16 heavy (non-hydrogen) atoms. The van der Waals surface area contributed by atoms with Crippen molar-refractivity contribution in [3.63, 3.8) is 0 Å². The third-order valence-corrected chi connectivity index (χ3v) is 2.36. The Bertz CT molecular complexity index is 328. The molecular formula is C11H20N4O. The molecule has 3 N–H and O–H groups in total. The van der Waals surface area contributed by atoms with E-state index in [1.165, 1.54) is 6.33 Å². The number of nitrogens with zero attached hydrogens (tertiary/aromatic N) is 2. The van der Waals surface area contributed by atoms with Crippen LogP contribution in [0.2, 0.25) is 0 Å². The fourth-order valence-corrected chi connectivity index (χ4v) is 1.45. The van der Waals surface area contributed by atoms with Crippen LogP contribution in [0.15, 0.2) is 6.33 Å². The molecule has 90 valence electrons. The lowest BCUT2D eigenvalue weighted by atomic mass is 10.2. The zero-order chi connectivity index (χ0) is 12.0. The maximum atomic E-state index is 5.67. The first-order valence-corrected chi connectivity index (χ1v) is 5.50. The van der Waals surface area contributed by atoms with Crippen LogP contribution in [-0.4, -0.2) is 29.7 Å². The van der Waals surface area contributed by atoms with Gasteiger partial charge in [-0.15, -0.1) is 0 Å². The molecule has 0 fully saturated rings. The summed E-state index contributed by atoms with van der Waals surface area (Å²) in [7, 11) is 1.61. The Morgan fingerprint density at radius 3 is 2.88 bits per heavy atom. The van der Waals surface area contributed by atoms with Gasteiger partial charge in [0.05, 0.1) is 12.7 Å². The van der Waals surface area contributed by atoms with E-state index in [4.69, 9.17) is 10.5 Å². The van der Waals surface area contributed by atoms with Crippen LogP contribution in [-0.2, 0) is 0 Å². The average molecular weight is 224 g/mol. The van der Waals surface area contributed by atoms with Gasteiger partial charge in [0.15, 0.2) is 0 Å². The summed E-state index contributed by atoms with van der Waals surface area (Å²) in [5, 5.41) is 3.26. The Labute approximate surface area is 96.4 Å². The van der Waals surface area contributed by atoms with E-state index in [-0.39, 0.29) is 6.04 Å². The lowest BCUT2D eigenvalue weighted by molar-refractivity contribution is 0.393. The Morgan fingerprint density at radius 2 is 2.25 bits per heavy atom. The largest absolute Gasteiger partial charge is 0.481 e. The van der Waals surface area contributed by atoms with Crippen molar-refractivity contribution in [2.24, 2.45) is 5.73 Å². The van der Waals surface area contributed by atoms with Crippen molar-refractivity contribution in [2.75, 3.05) is 19.0 Å². The molecule has 0 radical (unpaired) electrons. The molecule has 1 aromatic heterocycles. The van der Waals surface area contributed by atoms with Crippen LogP contribution in [0.25, 0.3) is 0 Å². The minimum Gasteiger partial charge on any atom is -0.481 e. The molecule has 0 aliphatic carbocycles. The summed E-state index contributed by atoms with van der Waals surface area (Å²) in [6.45, 7) is 4.81. The van der Waals surface area contributed by atoms with E-state index in [1.54, 1.807) is 7.11 Å². The monoisotopic (exact) mass is 224 g/mol. The van der Waals surface area contributed by atoms with Gasteiger partial charge in [-0.3, -0.25) is 0 Å². The summed E-state index contributed by atoms with van der Waals surface area (Å²) in [5.74, 6) is 1.45. The van der Waals surface area contributed by atoms with Gasteiger partial charge < -0.3 is 15.8 Å². The van der Waals surface area contributed by atoms with E-state index < -0.39 is 0 Å². The summed E-state index contributed by atoms with van der Waals surface area (Å²) in [5.41, 5.74) is 6.61. The van der Waals surface area contributed by atoms with E-state index >= 15 is 0 Å². The van der Waals surface area contributed by atoms with Crippen LogP contribution >= 0.6 is 0 Å². The smallest absolute Gasteiger partial charge is 0.221 e. The Balaban J connectivity index is 2.47. The molecule has 5 nitrogen and oxygen atoms in total. The molecule has 0 aliphatic rings. The molecule has 5 heteroatoms. The number of anilines is 1. The number of hydrogen-bond acceptors (Lipinski definition) is 5. The standard InChI is InChI=1S/C11H20N4O/c1-8(12)5-4-6-13-10-9(2)11(16-3)15-7-14-10/h7-8H,4-6,12H2,1-3H3,(H,13,14,15). The first-order valence-electron chi connectivity index (χ1n) is 5.50. The molecule has 1 aromatic rings. The number of nitrogens with one attached hydrogen (secondary N) is 1. The van der Waals surface area contributed by atoms with Crippen molar-refractivity contribution in [3.8, 4) is 5.88 Å². The van der Waals surface area contributed by atoms with Gasteiger partial charge >= 0.3 is 0 Å². The van der Waals surface area contributed by atoms with Gasteiger partial charge in [0.2, 0.25) is 5.88 Å². The molecule has 1 atom stereocenters. The molecule has 0 saturated carbocycles. The van der Waals surface area contributed by atoms with E-state index in [0.717, 1.165) is 30.8 Å². The van der Waals surface area contributed by atoms with Crippen LogP contribution in [0.1, 0.15) is 25.3 Å². The molecule has 0 amide bonds. The van der Waals surface area contributed by atoms with Crippen molar-refractivity contribution in [2.45, 2.75) is 32.7 Å². The lowest BCUT2D eigenvalue weighted by Crippen LogP contribution is -2.16. The van der Waals surface area contributed by atoms with Gasteiger partial charge in [-0.25, -0.2) is 9.97 Å². The molecule has 0 saturated heterocycles. The Morgan fingerprint density at radius 1 is 1.50 bits per heavy atom. The van der Waals surface area contributed by atoms with Gasteiger partial charge in [0, 0.05) is 12.6 Å². The highest BCUT2D eigenvalue weighted by molar-refractivity contribution is 5.47. The number of rotatable bonds is 6. The van der Waals surface area contributed by atoms with Crippen LogP contribution < -0.4 is 15.8 Å². The third-order valence-electron chi connectivity index (χ3n) is 2.36.